The molecule has 0 saturated carbocycles. The van der Waals surface area contributed by atoms with Crippen LogP contribution in [0.25, 0.3) is 0 Å². The number of aryl methyl sites for hydroxylation is 1. The van der Waals surface area contributed by atoms with E-state index in [0.29, 0.717) is 13.1 Å². The zero-order valence-electron chi connectivity index (χ0n) is 24.3. The summed E-state index contributed by atoms with van der Waals surface area (Å²) >= 11 is 0. The summed E-state index contributed by atoms with van der Waals surface area (Å²) < 4.78 is 0. The standard InChI is InChI=1S/C35H43N3O2/c1-26-12-10-17-30(27(26)2)33-31(34(39)28-13-6-4-7-14-28)24-38(19-11-18-37-22-20-36(3)21-23-37)25-32(33)35(40)29-15-8-5-9-16-29/h4-10,12-17,31-33H,11,18-25H2,1-3H3/t31-,32+,33+. The van der Waals surface area contributed by atoms with Gasteiger partial charge in [-0.1, -0.05) is 78.9 Å². The van der Waals surface area contributed by atoms with E-state index in [0.717, 1.165) is 62.4 Å². The van der Waals surface area contributed by atoms with Crippen LogP contribution in [0, 0.1) is 25.7 Å². The van der Waals surface area contributed by atoms with E-state index in [1.54, 1.807) is 0 Å². The quantitative estimate of drug-likeness (QED) is 0.345. The van der Waals surface area contributed by atoms with E-state index in [9.17, 15) is 9.59 Å². The summed E-state index contributed by atoms with van der Waals surface area (Å²) in [6.07, 6.45) is 1.04. The Morgan fingerprint density at radius 3 is 1.75 bits per heavy atom. The predicted molar refractivity (Wildman–Crippen MR) is 162 cm³/mol. The van der Waals surface area contributed by atoms with Gasteiger partial charge in [-0.05, 0) is 57.1 Å². The highest BCUT2D eigenvalue weighted by Crippen LogP contribution is 2.42. The molecular weight excluding hydrogens is 494 g/mol. The average molecular weight is 538 g/mol. The fraction of sp³-hybridized carbons (Fsp3) is 0.429. The van der Waals surface area contributed by atoms with Crippen molar-refractivity contribution in [1.29, 1.82) is 0 Å². The second-order valence-electron chi connectivity index (χ2n) is 11.7. The van der Waals surface area contributed by atoms with Crippen LogP contribution in [-0.2, 0) is 0 Å². The second kappa shape index (κ2) is 13.0. The highest BCUT2D eigenvalue weighted by atomic mass is 16.1. The SMILES string of the molecule is Cc1cccc([C@@H]2[C@@H](C(=O)c3ccccc3)CN(CCCN3CCN(C)CC3)C[C@H]2C(=O)c2ccccc2)c1C. The molecule has 2 aliphatic rings. The summed E-state index contributed by atoms with van der Waals surface area (Å²) in [5.74, 6) is -0.479. The molecule has 2 heterocycles. The molecule has 0 unspecified atom stereocenters. The smallest absolute Gasteiger partial charge is 0.167 e. The van der Waals surface area contributed by atoms with Crippen molar-refractivity contribution >= 4 is 11.6 Å². The Morgan fingerprint density at radius 1 is 0.675 bits per heavy atom. The minimum absolute atomic E-state index is 0.140. The van der Waals surface area contributed by atoms with E-state index < -0.39 is 0 Å². The third-order valence-electron chi connectivity index (χ3n) is 9.12. The number of piperazine rings is 1. The Kier molecular flexibility index (Phi) is 9.25. The molecule has 0 N–H and O–H groups in total. The topological polar surface area (TPSA) is 43.9 Å². The van der Waals surface area contributed by atoms with Crippen molar-refractivity contribution in [3.63, 3.8) is 0 Å². The zero-order chi connectivity index (χ0) is 28.1. The van der Waals surface area contributed by atoms with E-state index >= 15 is 0 Å². The molecule has 2 saturated heterocycles. The molecule has 0 amide bonds. The first-order valence-electron chi connectivity index (χ1n) is 14.8. The van der Waals surface area contributed by atoms with Gasteiger partial charge in [0, 0.05) is 68.1 Å². The first-order chi connectivity index (χ1) is 19.4. The summed E-state index contributed by atoms with van der Waals surface area (Å²) in [7, 11) is 2.19. The molecule has 210 valence electrons. The summed E-state index contributed by atoms with van der Waals surface area (Å²) in [6.45, 7) is 12.0. The summed E-state index contributed by atoms with van der Waals surface area (Å²) in [6, 6.07) is 25.7. The Balaban J connectivity index is 1.47. The number of Topliss-reactive ketones (excluding diaryl/α,β-unsaturated/α-hetero) is 2. The third kappa shape index (κ3) is 6.43. The maximum atomic E-state index is 14.2. The fourth-order valence-corrected chi connectivity index (χ4v) is 6.60. The lowest BCUT2D eigenvalue weighted by Crippen LogP contribution is -2.51. The van der Waals surface area contributed by atoms with Crippen molar-refractivity contribution in [1.82, 2.24) is 14.7 Å². The number of carbonyl (C=O) groups excluding carboxylic acids is 2. The molecule has 5 nitrogen and oxygen atoms in total. The molecule has 5 rings (SSSR count). The number of nitrogens with zero attached hydrogens (tertiary/aromatic N) is 3. The van der Waals surface area contributed by atoms with Gasteiger partial charge in [0.2, 0.25) is 0 Å². The van der Waals surface area contributed by atoms with Crippen LogP contribution in [0.1, 0.15) is 49.7 Å². The summed E-state index contributed by atoms with van der Waals surface area (Å²) in [5, 5.41) is 0. The number of likely N-dealkylation sites (N-methyl/N-ethyl adjacent to an activating group) is 1. The van der Waals surface area contributed by atoms with Crippen LogP contribution in [0.2, 0.25) is 0 Å². The van der Waals surface area contributed by atoms with Gasteiger partial charge in [-0.3, -0.25) is 9.59 Å². The summed E-state index contributed by atoms with van der Waals surface area (Å²) in [5.41, 5.74) is 4.98. The van der Waals surface area contributed by atoms with E-state index in [-0.39, 0.29) is 29.3 Å². The van der Waals surface area contributed by atoms with E-state index in [1.165, 1.54) is 11.1 Å². The predicted octanol–water partition coefficient (Wildman–Crippen LogP) is 5.34. The number of rotatable bonds is 9. The summed E-state index contributed by atoms with van der Waals surface area (Å²) in [4.78, 5) is 35.8. The van der Waals surface area contributed by atoms with Gasteiger partial charge in [0.1, 0.15) is 0 Å². The largest absolute Gasteiger partial charge is 0.304 e. The lowest BCUT2D eigenvalue weighted by molar-refractivity contribution is 0.0557. The molecule has 2 aliphatic heterocycles. The van der Waals surface area contributed by atoms with E-state index in [2.05, 4.69) is 53.8 Å². The molecule has 3 atom stereocenters. The van der Waals surface area contributed by atoms with Gasteiger partial charge < -0.3 is 14.7 Å². The molecule has 0 aromatic heterocycles. The molecule has 0 bridgehead atoms. The number of hydrogen-bond donors (Lipinski definition) is 0. The average Bonchev–Trinajstić information content (AvgIpc) is 2.99. The Hall–Kier alpha value is -3.12. The third-order valence-corrected chi connectivity index (χ3v) is 9.12. The highest BCUT2D eigenvalue weighted by Gasteiger charge is 2.45. The fourth-order valence-electron chi connectivity index (χ4n) is 6.60. The monoisotopic (exact) mass is 537 g/mol. The second-order valence-corrected chi connectivity index (χ2v) is 11.7. The molecule has 40 heavy (non-hydrogen) atoms. The molecule has 0 radical (unpaired) electrons. The lowest BCUT2D eigenvalue weighted by Gasteiger charge is -2.44. The van der Waals surface area contributed by atoms with Gasteiger partial charge >= 0.3 is 0 Å². The number of carbonyl (C=O) groups is 2. The van der Waals surface area contributed by atoms with Gasteiger partial charge in [0.05, 0.1) is 0 Å². The minimum atomic E-state index is -0.294. The van der Waals surface area contributed by atoms with Gasteiger partial charge in [-0.25, -0.2) is 0 Å². The lowest BCUT2D eigenvalue weighted by atomic mass is 9.67. The Labute approximate surface area is 239 Å². The number of likely N-dealkylation sites (tertiary alicyclic amines) is 1. The number of piperidine rings is 1. The van der Waals surface area contributed by atoms with Crippen molar-refractivity contribution in [2.75, 3.05) is 59.4 Å². The number of hydrogen-bond acceptors (Lipinski definition) is 5. The van der Waals surface area contributed by atoms with Gasteiger partial charge in [-0.15, -0.1) is 0 Å². The Bertz CT molecular complexity index is 1220. The molecule has 0 aliphatic carbocycles. The van der Waals surface area contributed by atoms with Crippen LogP contribution < -0.4 is 0 Å². The molecule has 2 fully saturated rings. The highest BCUT2D eigenvalue weighted by molar-refractivity contribution is 6.02. The van der Waals surface area contributed by atoms with Crippen molar-refractivity contribution < 1.29 is 9.59 Å². The first-order valence-corrected chi connectivity index (χ1v) is 14.8. The van der Waals surface area contributed by atoms with Crippen molar-refractivity contribution in [2.45, 2.75) is 26.2 Å². The van der Waals surface area contributed by atoms with E-state index in [1.807, 2.05) is 60.7 Å². The number of ketones is 2. The normalized spacial score (nSPS) is 22.7. The van der Waals surface area contributed by atoms with Crippen LogP contribution in [0.5, 0.6) is 0 Å². The van der Waals surface area contributed by atoms with Gasteiger partial charge in [0.25, 0.3) is 0 Å². The van der Waals surface area contributed by atoms with Crippen LogP contribution in [-0.4, -0.2) is 85.7 Å². The number of benzene rings is 3. The zero-order valence-corrected chi connectivity index (χ0v) is 24.3. The molecular formula is C35H43N3O2. The maximum absolute atomic E-state index is 14.2. The Morgan fingerprint density at radius 2 is 1.20 bits per heavy atom. The molecule has 3 aromatic carbocycles. The maximum Gasteiger partial charge on any atom is 0.167 e. The van der Waals surface area contributed by atoms with Crippen LogP contribution in [0.15, 0.2) is 78.9 Å². The van der Waals surface area contributed by atoms with E-state index in [4.69, 9.17) is 0 Å². The first kappa shape index (κ1) is 28.4. The van der Waals surface area contributed by atoms with Crippen molar-refractivity contribution in [3.05, 3.63) is 107 Å². The molecule has 3 aromatic rings. The molecule has 5 heteroatoms. The van der Waals surface area contributed by atoms with Gasteiger partial charge in [0.15, 0.2) is 11.6 Å². The van der Waals surface area contributed by atoms with Crippen LogP contribution in [0.4, 0.5) is 0 Å². The molecule has 0 spiro atoms. The van der Waals surface area contributed by atoms with Crippen molar-refractivity contribution in [2.24, 2.45) is 11.8 Å². The minimum Gasteiger partial charge on any atom is -0.304 e. The van der Waals surface area contributed by atoms with Crippen LogP contribution >= 0.6 is 0 Å². The van der Waals surface area contributed by atoms with Gasteiger partial charge in [-0.2, -0.15) is 0 Å². The van der Waals surface area contributed by atoms with Crippen molar-refractivity contribution in [3.8, 4) is 0 Å². The van der Waals surface area contributed by atoms with Crippen LogP contribution in [0.3, 0.4) is 0 Å².